The molecule has 0 aromatic rings. The summed E-state index contributed by atoms with van der Waals surface area (Å²) in [5.41, 5.74) is 0. The molecule has 0 saturated carbocycles. The van der Waals surface area contributed by atoms with Gasteiger partial charge in [0.25, 0.3) is 0 Å². The first-order valence-electron chi connectivity index (χ1n) is 7.36. The SMILES string of the molecule is CCC/C=C/CC/C=C/C/C=C/CCCCC. The number of hydrogen-bond donors (Lipinski definition) is 0. The molecule has 0 fully saturated rings. The van der Waals surface area contributed by atoms with Gasteiger partial charge in [-0.2, -0.15) is 0 Å². The van der Waals surface area contributed by atoms with Gasteiger partial charge in [0.2, 0.25) is 0 Å². The third kappa shape index (κ3) is 15.2. The molecule has 0 amide bonds. The van der Waals surface area contributed by atoms with Crippen LogP contribution in [0.15, 0.2) is 36.5 Å². The molecule has 17 heavy (non-hydrogen) atoms. The first-order chi connectivity index (χ1) is 8.41. The van der Waals surface area contributed by atoms with Crippen molar-refractivity contribution in [3.8, 4) is 0 Å². The first-order valence-corrected chi connectivity index (χ1v) is 7.36. The second-order valence-corrected chi connectivity index (χ2v) is 4.51. The van der Waals surface area contributed by atoms with E-state index in [4.69, 9.17) is 0 Å². The minimum atomic E-state index is 1.10. The van der Waals surface area contributed by atoms with Crippen molar-refractivity contribution in [2.45, 2.75) is 71.6 Å². The molecule has 0 nitrogen and oxygen atoms in total. The topological polar surface area (TPSA) is 0 Å². The number of unbranched alkanes of at least 4 members (excludes halogenated alkanes) is 5. The fourth-order valence-electron chi connectivity index (χ4n) is 1.61. The zero-order valence-electron chi connectivity index (χ0n) is 11.8. The van der Waals surface area contributed by atoms with Gasteiger partial charge in [0.1, 0.15) is 0 Å². The maximum atomic E-state index is 2.32. The maximum absolute atomic E-state index is 2.32. The fraction of sp³-hybridized carbons (Fsp3) is 0.647. The molecule has 0 heteroatoms. The van der Waals surface area contributed by atoms with Gasteiger partial charge < -0.3 is 0 Å². The lowest BCUT2D eigenvalue weighted by molar-refractivity contribution is 0.728. The Morgan fingerprint density at radius 1 is 0.529 bits per heavy atom. The Balaban J connectivity index is 3.24. The van der Waals surface area contributed by atoms with E-state index >= 15 is 0 Å². The van der Waals surface area contributed by atoms with E-state index in [9.17, 15) is 0 Å². The Kier molecular flexibility index (Phi) is 14.5. The second kappa shape index (κ2) is 15.2. The summed E-state index contributed by atoms with van der Waals surface area (Å²) in [6.45, 7) is 4.47. The lowest BCUT2D eigenvalue weighted by Gasteiger charge is -1.91. The molecule has 0 spiro atoms. The molecule has 0 aromatic heterocycles. The third-order valence-corrected chi connectivity index (χ3v) is 2.70. The van der Waals surface area contributed by atoms with Crippen molar-refractivity contribution in [1.29, 1.82) is 0 Å². The molecule has 0 aromatic carbocycles. The van der Waals surface area contributed by atoms with E-state index in [1.807, 2.05) is 0 Å². The lowest BCUT2D eigenvalue weighted by Crippen LogP contribution is -1.70. The van der Waals surface area contributed by atoms with Crippen molar-refractivity contribution >= 4 is 0 Å². The van der Waals surface area contributed by atoms with Crippen LogP contribution in [-0.4, -0.2) is 0 Å². The average Bonchev–Trinajstić information content (AvgIpc) is 2.35. The predicted octanol–water partition coefficient (Wildman–Crippen LogP) is 6.21. The van der Waals surface area contributed by atoms with E-state index in [1.54, 1.807) is 0 Å². The maximum Gasteiger partial charge on any atom is -0.0169 e. The van der Waals surface area contributed by atoms with Gasteiger partial charge in [-0.15, -0.1) is 0 Å². The van der Waals surface area contributed by atoms with Gasteiger partial charge in [-0.1, -0.05) is 69.6 Å². The van der Waals surface area contributed by atoms with Crippen molar-refractivity contribution in [3.05, 3.63) is 36.5 Å². The summed E-state index contributed by atoms with van der Waals surface area (Å²) in [4.78, 5) is 0. The predicted molar refractivity (Wildman–Crippen MR) is 80.3 cm³/mol. The number of allylic oxidation sites excluding steroid dienone is 6. The zero-order chi connectivity index (χ0) is 12.6. The fourth-order valence-corrected chi connectivity index (χ4v) is 1.61. The van der Waals surface area contributed by atoms with Crippen LogP contribution in [0.25, 0.3) is 0 Å². The molecule has 0 aliphatic rings. The molecule has 0 aliphatic heterocycles. The minimum Gasteiger partial charge on any atom is -0.0885 e. The Hall–Kier alpha value is -0.780. The summed E-state index contributed by atoms with van der Waals surface area (Å²) in [5.74, 6) is 0. The number of rotatable bonds is 11. The Labute approximate surface area is 109 Å². The van der Waals surface area contributed by atoms with Gasteiger partial charge in [0.05, 0.1) is 0 Å². The highest BCUT2D eigenvalue weighted by Gasteiger charge is 1.81. The van der Waals surface area contributed by atoms with E-state index in [-0.39, 0.29) is 0 Å². The summed E-state index contributed by atoms with van der Waals surface area (Å²) >= 11 is 0. The molecule has 0 N–H and O–H groups in total. The minimum absolute atomic E-state index is 1.10. The monoisotopic (exact) mass is 234 g/mol. The van der Waals surface area contributed by atoms with Crippen LogP contribution < -0.4 is 0 Å². The summed E-state index contributed by atoms with van der Waals surface area (Å²) in [5, 5.41) is 0. The van der Waals surface area contributed by atoms with Crippen LogP contribution in [0.1, 0.15) is 71.6 Å². The van der Waals surface area contributed by atoms with E-state index in [1.165, 1.54) is 51.4 Å². The van der Waals surface area contributed by atoms with Crippen molar-refractivity contribution < 1.29 is 0 Å². The largest absolute Gasteiger partial charge is 0.0885 e. The van der Waals surface area contributed by atoms with Crippen molar-refractivity contribution in [1.82, 2.24) is 0 Å². The summed E-state index contributed by atoms with van der Waals surface area (Å²) in [7, 11) is 0. The van der Waals surface area contributed by atoms with Crippen molar-refractivity contribution in [2.24, 2.45) is 0 Å². The highest BCUT2D eigenvalue weighted by Crippen LogP contribution is 2.01. The van der Waals surface area contributed by atoms with E-state index in [0.717, 1.165) is 6.42 Å². The zero-order valence-corrected chi connectivity index (χ0v) is 11.8. The van der Waals surface area contributed by atoms with Crippen LogP contribution >= 0.6 is 0 Å². The van der Waals surface area contributed by atoms with Crippen LogP contribution in [0.2, 0.25) is 0 Å². The highest BCUT2D eigenvalue weighted by molar-refractivity contribution is 4.94. The molecule has 0 heterocycles. The van der Waals surface area contributed by atoms with Crippen LogP contribution in [0, 0.1) is 0 Å². The van der Waals surface area contributed by atoms with Gasteiger partial charge in [0.15, 0.2) is 0 Å². The van der Waals surface area contributed by atoms with Gasteiger partial charge in [0, 0.05) is 0 Å². The molecule has 98 valence electrons. The van der Waals surface area contributed by atoms with Gasteiger partial charge in [-0.25, -0.2) is 0 Å². The van der Waals surface area contributed by atoms with Crippen molar-refractivity contribution in [3.63, 3.8) is 0 Å². The van der Waals surface area contributed by atoms with Crippen LogP contribution in [-0.2, 0) is 0 Å². The summed E-state index contributed by atoms with van der Waals surface area (Å²) in [6.07, 6.45) is 25.0. The summed E-state index contributed by atoms with van der Waals surface area (Å²) in [6, 6.07) is 0. The lowest BCUT2D eigenvalue weighted by atomic mass is 10.2. The van der Waals surface area contributed by atoms with E-state index < -0.39 is 0 Å². The van der Waals surface area contributed by atoms with E-state index in [2.05, 4.69) is 50.3 Å². The highest BCUT2D eigenvalue weighted by atomic mass is 13.9. The molecule has 0 rings (SSSR count). The third-order valence-electron chi connectivity index (χ3n) is 2.70. The molecule has 0 aliphatic carbocycles. The van der Waals surface area contributed by atoms with Crippen LogP contribution in [0.4, 0.5) is 0 Å². The Bertz CT molecular complexity index is 208. The first kappa shape index (κ1) is 16.2. The smallest absolute Gasteiger partial charge is 0.0169 e. The Morgan fingerprint density at radius 2 is 1.12 bits per heavy atom. The molecule has 0 bridgehead atoms. The molecular weight excluding hydrogens is 204 g/mol. The normalized spacial score (nSPS) is 12.4. The van der Waals surface area contributed by atoms with Crippen LogP contribution in [0.3, 0.4) is 0 Å². The van der Waals surface area contributed by atoms with E-state index in [0.29, 0.717) is 0 Å². The quantitative estimate of drug-likeness (QED) is 0.295. The Morgan fingerprint density at radius 3 is 1.76 bits per heavy atom. The molecule has 0 saturated heterocycles. The summed E-state index contributed by atoms with van der Waals surface area (Å²) < 4.78 is 0. The molecular formula is C17H30. The van der Waals surface area contributed by atoms with Gasteiger partial charge in [-0.05, 0) is 38.5 Å². The van der Waals surface area contributed by atoms with Gasteiger partial charge >= 0.3 is 0 Å². The second-order valence-electron chi connectivity index (χ2n) is 4.51. The average molecular weight is 234 g/mol. The van der Waals surface area contributed by atoms with Crippen molar-refractivity contribution in [2.75, 3.05) is 0 Å². The van der Waals surface area contributed by atoms with Crippen LogP contribution in [0.5, 0.6) is 0 Å². The molecule has 0 unspecified atom stereocenters. The molecule has 0 radical (unpaired) electrons. The van der Waals surface area contributed by atoms with Gasteiger partial charge in [-0.3, -0.25) is 0 Å². The molecule has 0 atom stereocenters. The standard InChI is InChI=1S/C17H30/c1-3-5-7-9-11-13-15-17-16-14-12-10-8-6-4-2/h7,9,12,14-15,17H,3-6,8,10-11,13,16H2,1-2H3/b9-7+,14-12+,17-15+. The number of hydrogen-bond acceptors (Lipinski definition) is 0.